The second-order valence-electron chi connectivity index (χ2n) is 7.34. The summed E-state index contributed by atoms with van der Waals surface area (Å²) in [5, 5.41) is 0. The van der Waals surface area contributed by atoms with Crippen molar-refractivity contribution >= 4 is 6.16 Å². The second-order valence-corrected chi connectivity index (χ2v) is 7.34. The number of ether oxygens (including phenoxy) is 2. The standard InChI is InChI=1S/C15H29NO3.8CH4/c1-10-16-12(2,3)14(6,7)18-11(17)19-15(8,9)13(16,4)5;;;;;;;;/h10H2,1-9H3;8*1H4. The molecule has 0 aromatic carbocycles. The number of hydrogen-bond donors (Lipinski definition) is 0. The van der Waals surface area contributed by atoms with Gasteiger partial charge in [0.15, 0.2) is 0 Å². The normalized spacial score (nSPS) is 20.3. The van der Waals surface area contributed by atoms with E-state index >= 15 is 0 Å². The zero-order valence-electron chi connectivity index (χ0n) is 13.9. The molecule has 0 radical (unpaired) electrons. The van der Waals surface area contributed by atoms with Crippen LogP contribution in [-0.4, -0.2) is 39.9 Å². The van der Waals surface area contributed by atoms with E-state index in [1.54, 1.807) is 0 Å². The summed E-state index contributed by atoms with van der Waals surface area (Å²) < 4.78 is 11.1. The summed E-state index contributed by atoms with van der Waals surface area (Å²) in [5.74, 6) is 0. The van der Waals surface area contributed by atoms with Crippen molar-refractivity contribution in [2.75, 3.05) is 6.54 Å². The van der Waals surface area contributed by atoms with Crippen molar-refractivity contribution in [3.8, 4) is 0 Å². The van der Waals surface area contributed by atoms with Gasteiger partial charge in [0.1, 0.15) is 11.2 Å². The van der Waals surface area contributed by atoms with Crippen molar-refractivity contribution in [3.63, 3.8) is 0 Å². The van der Waals surface area contributed by atoms with Crippen LogP contribution in [0.2, 0.25) is 0 Å². The van der Waals surface area contributed by atoms with Crippen LogP contribution < -0.4 is 0 Å². The summed E-state index contributed by atoms with van der Waals surface area (Å²) in [7, 11) is 0. The molecule has 0 aliphatic carbocycles. The Bertz CT molecular complexity index is 340. The summed E-state index contributed by atoms with van der Waals surface area (Å²) >= 11 is 0. The number of rotatable bonds is 1. The van der Waals surface area contributed by atoms with Gasteiger partial charge in [0.05, 0.1) is 11.1 Å². The molecular weight excluding hydrogens is 338 g/mol. The van der Waals surface area contributed by atoms with Crippen molar-refractivity contribution in [1.29, 1.82) is 0 Å². The molecule has 4 heteroatoms. The van der Waals surface area contributed by atoms with Gasteiger partial charge in [-0.2, -0.15) is 0 Å². The van der Waals surface area contributed by atoms with E-state index in [0.717, 1.165) is 6.54 Å². The summed E-state index contributed by atoms with van der Waals surface area (Å²) in [6.07, 6.45) is -0.591. The maximum atomic E-state index is 12.0. The van der Waals surface area contributed by atoms with E-state index in [2.05, 4.69) is 39.5 Å². The smallest absolute Gasteiger partial charge is 0.426 e. The molecule has 176 valence electrons. The zero-order chi connectivity index (χ0) is 15.3. The predicted octanol–water partition coefficient (Wildman–Crippen LogP) is 8.68. The first-order valence-corrected chi connectivity index (χ1v) is 6.99. The van der Waals surface area contributed by atoms with Crippen molar-refractivity contribution in [1.82, 2.24) is 4.90 Å². The summed E-state index contributed by atoms with van der Waals surface area (Å²) in [6, 6.07) is 0. The Hall–Kier alpha value is -0.770. The SMILES string of the molecule is C.C.C.C.C.C.C.C.CCN1C(C)(C)C(C)(C)OC(=O)OC(C)(C)C1(C)C. The molecule has 0 aromatic heterocycles. The zero-order valence-corrected chi connectivity index (χ0v) is 13.9. The average Bonchev–Trinajstić information content (AvgIpc) is 2.13. The fraction of sp³-hybridized carbons (Fsp3) is 0.957. The molecule has 1 aliphatic heterocycles. The minimum atomic E-state index is -0.631. The lowest BCUT2D eigenvalue weighted by molar-refractivity contribution is -0.206. The Morgan fingerprint density at radius 3 is 1.04 bits per heavy atom. The number of likely N-dealkylation sites (N-methyl/N-ethyl adjacent to an activating group) is 1. The van der Waals surface area contributed by atoms with Crippen LogP contribution in [0.3, 0.4) is 0 Å². The van der Waals surface area contributed by atoms with Gasteiger partial charge < -0.3 is 9.47 Å². The van der Waals surface area contributed by atoms with Gasteiger partial charge in [0.2, 0.25) is 0 Å². The summed E-state index contributed by atoms with van der Waals surface area (Å²) in [5.41, 5.74) is -1.87. The predicted molar refractivity (Wildman–Crippen MR) is 130 cm³/mol. The lowest BCUT2D eigenvalue weighted by atomic mass is 9.75. The van der Waals surface area contributed by atoms with Crippen molar-refractivity contribution in [3.05, 3.63) is 0 Å². The van der Waals surface area contributed by atoms with Crippen molar-refractivity contribution in [2.45, 2.75) is 144 Å². The number of nitrogens with zero attached hydrogens (tertiary/aromatic N) is 1. The highest BCUT2D eigenvalue weighted by molar-refractivity contribution is 5.62. The van der Waals surface area contributed by atoms with E-state index in [1.165, 1.54) is 0 Å². The minimum Gasteiger partial charge on any atom is -0.426 e. The molecule has 0 unspecified atom stereocenters. The van der Waals surface area contributed by atoms with Crippen LogP contribution in [0.25, 0.3) is 0 Å². The van der Waals surface area contributed by atoms with E-state index in [0.29, 0.717) is 0 Å². The fourth-order valence-corrected chi connectivity index (χ4v) is 2.83. The molecule has 1 saturated heterocycles. The monoisotopic (exact) mass is 399 g/mol. The maximum absolute atomic E-state index is 12.0. The first-order valence-electron chi connectivity index (χ1n) is 6.99. The maximum Gasteiger partial charge on any atom is 0.509 e. The highest BCUT2D eigenvalue weighted by Gasteiger charge is 2.57. The molecule has 0 saturated carbocycles. The van der Waals surface area contributed by atoms with E-state index in [9.17, 15) is 4.79 Å². The quantitative estimate of drug-likeness (QED) is 0.413. The lowest BCUT2D eigenvalue weighted by Gasteiger charge is -2.59. The molecule has 0 aromatic rings. The van der Waals surface area contributed by atoms with Gasteiger partial charge in [0, 0.05) is 0 Å². The molecule has 1 fully saturated rings. The van der Waals surface area contributed by atoms with Crippen LogP contribution in [0.4, 0.5) is 4.79 Å². The molecule has 0 spiro atoms. The van der Waals surface area contributed by atoms with Gasteiger partial charge in [-0.25, -0.2) is 4.79 Å². The molecule has 0 bridgehead atoms. The first-order chi connectivity index (χ1) is 8.29. The molecule has 4 nitrogen and oxygen atoms in total. The molecule has 27 heavy (non-hydrogen) atoms. The van der Waals surface area contributed by atoms with Crippen LogP contribution in [0, 0.1) is 0 Å². The van der Waals surface area contributed by atoms with E-state index in [4.69, 9.17) is 9.47 Å². The van der Waals surface area contributed by atoms with Crippen LogP contribution in [0.1, 0.15) is 122 Å². The highest BCUT2D eigenvalue weighted by atomic mass is 16.7. The van der Waals surface area contributed by atoms with E-state index in [1.807, 2.05) is 27.7 Å². The number of hydrogen-bond acceptors (Lipinski definition) is 4. The molecule has 0 amide bonds. The summed E-state index contributed by atoms with van der Waals surface area (Å²) in [6.45, 7) is 19.2. The van der Waals surface area contributed by atoms with Crippen LogP contribution in [-0.2, 0) is 9.47 Å². The van der Waals surface area contributed by atoms with Gasteiger partial charge >= 0.3 is 6.16 Å². The van der Waals surface area contributed by atoms with Crippen molar-refractivity contribution < 1.29 is 14.3 Å². The number of carbonyl (C=O) groups excluding carboxylic acids is 1. The van der Waals surface area contributed by atoms with Gasteiger partial charge in [-0.1, -0.05) is 66.3 Å². The Kier molecular flexibility index (Phi) is 26.5. The Balaban J connectivity index is -0.0000000752. The third kappa shape index (κ3) is 8.01. The fourth-order valence-electron chi connectivity index (χ4n) is 2.83. The first kappa shape index (κ1) is 50.2. The van der Waals surface area contributed by atoms with Gasteiger partial charge in [-0.05, 0) is 61.9 Å². The van der Waals surface area contributed by atoms with Crippen LogP contribution >= 0.6 is 0 Å². The topological polar surface area (TPSA) is 38.8 Å². The molecule has 0 atom stereocenters. The third-order valence-electron chi connectivity index (χ3n) is 5.29. The lowest BCUT2D eigenvalue weighted by Crippen LogP contribution is -2.72. The minimum absolute atomic E-state index is 0. The van der Waals surface area contributed by atoms with Gasteiger partial charge in [0.25, 0.3) is 0 Å². The third-order valence-corrected chi connectivity index (χ3v) is 5.29. The Morgan fingerprint density at radius 2 is 0.852 bits per heavy atom. The molecule has 1 aliphatic rings. The summed E-state index contributed by atoms with van der Waals surface area (Å²) in [4.78, 5) is 14.3. The molecule has 1 heterocycles. The number of carbonyl (C=O) groups is 1. The van der Waals surface area contributed by atoms with E-state index in [-0.39, 0.29) is 70.5 Å². The molecular formula is C23H61NO3. The molecule has 0 N–H and O–H groups in total. The van der Waals surface area contributed by atoms with Crippen LogP contribution in [0.5, 0.6) is 0 Å². The molecule has 1 rings (SSSR count). The number of cyclic esters (lactones) is 2. The Labute approximate surface area is 176 Å². The van der Waals surface area contributed by atoms with Gasteiger partial charge in [-0.15, -0.1) is 0 Å². The Morgan fingerprint density at radius 1 is 0.630 bits per heavy atom. The highest BCUT2D eigenvalue weighted by Crippen LogP contribution is 2.43. The second kappa shape index (κ2) is 14.3. The average molecular weight is 400 g/mol. The largest absolute Gasteiger partial charge is 0.509 e. The van der Waals surface area contributed by atoms with Gasteiger partial charge in [-0.3, -0.25) is 4.90 Å². The van der Waals surface area contributed by atoms with Crippen molar-refractivity contribution in [2.24, 2.45) is 0 Å². The van der Waals surface area contributed by atoms with Crippen LogP contribution in [0.15, 0.2) is 0 Å². The van der Waals surface area contributed by atoms with E-state index < -0.39 is 17.4 Å².